The van der Waals surface area contributed by atoms with E-state index in [9.17, 15) is 4.79 Å². The molecule has 1 aliphatic rings. The predicted molar refractivity (Wildman–Crippen MR) is 134 cm³/mol. The second-order valence-corrected chi connectivity index (χ2v) is 8.46. The van der Waals surface area contributed by atoms with Crippen LogP contribution in [0.4, 0.5) is 23.1 Å². The number of amides is 1. The van der Waals surface area contributed by atoms with Gasteiger partial charge in [-0.05, 0) is 73.4 Å². The molecule has 1 fully saturated rings. The Morgan fingerprint density at radius 3 is 2.33 bits per heavy atom. The first-order valence-corrected chi connectivity index (χ1v) is 11.4. The number of aromatic nitrogens is 2. The van der Waals surface area contributed by atoms with Crippen molar-refractivity contribution in [3.8, 4) is 0 Å². The van der Waals surface area contributed by atoms with Crippen LogP contribution >= 0.6 is 0 Å². The van der Waals surface area contributed by atoms with E-state index < -0.39 is 0 Å². The first kappa shape index (κ1) is 20.9. The van der Waals surface area contributed by atoms with Crippen LogP contribution < -0.4 is 15.5 Å². The van der Waals surface area contributed by atoms with Crippen LogP contribution in [0.2, 0.25) is 0 Å². The monoisotopic (exact) mass is 437 g/mol. The molecule has 6 nitrogen and oxygen atoms in total. The SMILES string of the molecule is Cc1cc(N2CCCCC2)nc(Nc2ccc(NC(=O)c3ccc4ccccc4c3)cc2)n1. The molecule has 2 heterocycles. The summed E-state index contributed by atoms with van der Waals surface area (Å²) in [5, 5.41) is 8.43. The van der Waals surface area contributed by atoms with Crippen LogP contribution in [0.5, 0.6) is 0 Å². The van der Waals surface area contributed by atoms with Gasteiger partial charge in [-0.25, -0.2) is 4.98 Å². The lowest BCUT2D eigenvalue weighted by atomic mass is 10.1. The molecule has 166 valence electrons. The number of rotatable bonds is 5. The summed E-state index contributed by atoms with van der Waals surface area (Å²) in [4.78, 5) is 24.3. The summed E-state index contributed by atoms with van der Waals surface area (Å²) < 4.78 is 0. The van der Waals surface area contributed by atoms with Crippen molar-refractivity contribution < 1.29 is 4.79 Å². The number of aryl methyl sites for hydroxylation is 1. The third kappa shape index (κ3) is 4.95. The minimum absolute atomic E-state index is 0.130. The number of benzene rings is 3. The highest BCUT2D eigenvalue weighted by Crippen LogP contribution is 2.23. The Bertz CT molecular complexity index is 1280. The average Bonchev–Trinajstić information content (AvgIpc) is 2.85. The third-order valence-corrected chi connectivity index (χ3v) is 5.93. The highest BCUT2D eigenvalue weighted by molar-refractivity contribution is 6.06. The molecule has 2 N–H and O–H groups in total. The summed E-state index contributed by atoms with van der Waals surface area (Å²) in [6.45, 7) is 4.08. The molecule has 1 aliphatic heterocycles. The standard InChI is InChI=1S/C27H27N5O/c1-19-17-25(32-15-5-2-6-16-32)31-27(28-19)30-24-13-11-23(12-14-24)29-26(33)22-10-9-20-7-3-4-8-21(20)18-22/h3-4,7-14,17-18H,2,5-6,15-16H2,1H3,(H,29,33)(H,28,30,31). The molecule has 1 aromatic heterocycles. The number of nitrogens with zero attached hydrogens (tertiary/aromatic N) is 3. The zero-order chi connectivity index (χ0) is 22.6. The largest absolute Gasteiger partial charge is 0.356 e. The van der Waals surface area contributed by atoms with E-state index >= 15 is 0 Å². The summed E-state index contributed by atoms with van der Waals surface area (Å²) in [6, 6.07) is 23.4. The van der Waals surface area contributed by atoms with E-state index in [0.29, 0.717) is 11.5 Å². The Hall–Kier alpha value is -3.93. The molecule has 0 saturated carbocycles. The molecule has 3 aromatic carbocycles. The van der Waals surface area contributed by atoms with E-state index in [-0.39, 0.29) is 5.91 Å². The Labute approximate surface area is 193 Å². The molecule has 1 saturated heterocycles. The van der Waals surface area contributed by atoms with Crippen LogP contribution in [0.25, 0.3) is 10.8 Å². The normalized spacial score (nSPS) is 13.7. The van der Waals surface area contributed by atoms with Crippen LogP contribution in [0, 0.1) is 6.92 Å². The fourth-order valence-electron chi connectivity index (χ4n) is 4.19. The van der Waals surface area contributed by atoms with Gasteiger partial charge < -0.3 is 15.5 Å². The molecule has 5 rings (SSSR count). The topological polar surface area (TPSA) is 70.2 Å². The van der Waals surface area contributed by atoms with E-state index in [1.54, 1.807) is 0 Å². The van der Waals surface area contributed by atoms with Crippen molar-refractivity contribution in [3.05, 3.63) is 84.1 Å². The highest BCUT2D eigenvalue weighted by Gasteiger charge is 2.14. The maximum absolute atomic E-state index is 12.7. The van der Waals surface area contributed by atoms with Gasteiger partial charge in [-0.1, -0.05) is 30.3 Å². The number of carbonyl (C=O) groups is 1. The smallest absolute Gasteiger partial charge is 0.255 e. The molecule has 0 spiro atoms. The lowest BCUT2D eigenvalue weighted by molar-refractivity contribution is 0.102. The Balaban J connectivity index is 1.26. The van der Waals surface area contributed by atoms with Crippen molar-refractivity contribution in [2.75, 3.05) is 28.6 Å². The summed E-state index contributed by atoms with van der Waals surface area (Å²) >= 11 is 0. The van der Waals surface area contributed by atoms with Gasteiger partial charge in [0.2, 0.25) is 5.95 Å². The van der Waals surface area contributed by atoms with Crippen LogP contribution in [-0.4, -0.2) is 29.0 Å². The zero-order valence-electron chi connectivity index (χ0n) is 18.7. The highest BCUT2D eigenvalue weighted by atomic mass is 16.1. The van der Waals surface area contributed by atoms with Gasteiger partial charge in [-0.15, -0.1) is 0 Å². The molecule has 4 aromatic rings. The molecule has 1 amide bonds. The van der Waals surface area contributed by atoms with Gasteiger partial charge in [0.25, 0.3) is 5.91 Å². The van der Waals surface area contributed by atoms with E-state index in [1.807, 2.05) is 79.7 Å². The Morgan fingerprint density at radius 2 is 1.55 bits per heavy atom. The van der Waals surface area contributed by atoms with Crippen molar-refractivity contribution in [1.82, 2.24) is 9.97 Å². The van der Waals surface area contributed by atoms with Gasteiger partial charge in [-0.2, -0.15) is 4.98 Å². The molecule has 33 heavy (non-hydrogen) atoms. The number of hydrogen-bond donors (Lipinski definition) is 2. The molecule has 0 radical (unpaired) electrons. The van der Waals surface area contributed by atoms with Gasteiger partial charge in [-0.3, -0.25) is 4.79 Å². The second-order valence-electron chi connectivity index (χ2n) is 8.46. The molecule has 0 bridgehead atoms. The summed E-state index contributed by atoms with van der Waals surface area (Å²) in [5.74, 6) is 1.43. The Morgan fingerprint density at radius 1 is 0.818 bits per heavy atom. The van der Waals surface area contributed by atoms with Crippen molar-refractivity contribution in [3.63, 3.8) is 0 Å². The number of anilines is 4. The van der Waals surface area contributed by atoms with Gasteiger partial charge in [0, 0.05) is 41.8 Å². The molecule has 0 aliphatic carbocycles. The first-order chi connectivity index (χ1) is 16.1. The fourth-order valence-corrected chi connectivity index (χ4v) is 4.19. The Kier molecular flexibility index (Phi) is 5.89. The maximum Gasteiger partial charge on any atom is 0.255 e. The fraction of sp³-hybridized carbons (Fsp3) is 0.222. The number of nitrogens with one attached hydrogen (secondary N) is 2. The van der Waals surface area contributed by atoms with Crippen molar-refractivity contribution in [1.29, 1.82) is 0 Å². The van der Waals surface area contributed by atoms with Crippen molar-refractivity contribution >= 4 is 39.8 Å². The van der Waals surface area contributed by atoms with Crippen molar-refractivity contribution in [2.24, 2.45) is 0 Å². The summed E-state index contributed by atoms with van der Waals surface area (Å²) in [7, 11) is 0. The van der Waals surface area contributed by atoms with E-state index in [1.165, 1.54) is 19.3 Å². The zero-order valence-corrected chi connectivity index (χ0v) is 18.7. The maximum atomic E-state index is 12.7. The van der Waals surface area contributed by atoms with Crippen LogP contribution in [-0.2, 0) is 0 Å². The van der Waals surface area contributed by atoms with Crippen molar-refractivity contribution in [2.45, 2.75) is 26.2 Å². The molecule has 6 heteroatoms. The molecule has 0 atom stereocenters. The summed E-state index contributed by atoms with van der Waals surface area (Å²) in [5.41, 5.74) is 3.17. The number of carbonyl (C=O) groups excluding carboxylic acids is 1. The lowest BCUT2D eigenvalue weighted by Gasteiger charge is -2.28. The van der Waals surface area contributed by atoms with Crippen LogP contribution in [0.3, 0.4) is 0 Å². The van der Waals surface area contributed by atoms with E-state index in [4.69, 9.17) is 4.98 Å². The minimum Gasteiger partial charge on any atom is -0.356 e. The number of piperidine rings is 1. The van der Waals surface area contributed by atoms with Gasteiger partial charge in [0.1, 0.15) is 5.82 Å². The predicted octanol–water partition coefficient (Wildman–Crippen LogP) is 5.92. The molecule has 0 unspecified atom stereocenters. The lowest BCUT2D eigenvalue weighted by Crippen LogP contribution is -2.30. The third-order valence-electron chi connectivity index (χ3n) is 5.93. The van der Waals surface area contributed by atoms with Gasteiger partial charge in [0.05, 0.1) is 0 Å². The van der Waals surface area contributed by atoms with E-state index in [0.717, 1.165) is 46.7 Å². The second kappa shape index (κ2) is 9.28. The quantitative estimate of drug-likeness (QED) is 0.405. The summed E-state index contributed by atoms with van der Waals surface area (Å²) in [6.07, 6.45) is 3.70. The minimum atomic E-state index is -0.130. The number of hydrogen-bond acceptors (Lipinski definition) is 5. The average molecular weight is 438 g/mol. The van der Waals surface area contributed by atoms with E-state index in [2.05, 4.69) is 20.5 Å². The van der Waals surface area contributed by atoms with Gasteiger partial charge in [0.15, 0.2) is 0 Å². The van der Waals surface area contributed by atoms with Crippen LogP contribution in [0.15, 0.2) is 72.8 Å². The van der Waals surface area contributed by atoms with Gasteiger partial charge >= 0.3 is 0 Å². The molecular formula is C27H27N5O. The van der Waals surface area contributed by atoms with Crippen LogP contribution in [0.1, 0.15) is 35.3 Å². The molecular weight excluding hydrogens is 410 g/mol. The first-order valence-electron chi connectivity index (χ1n) is 11.4. The number of fused-ring (bicyclic) bond motifs is 1.